The zero-order valence-corrected chi connectivity index (χ0v) is 16.2. The van der Waals surface area contributed by atoms with Crippen molar-refractivity contribution in [1.82, 2.24) is 20.1 Å². The lowest BCUT2D eigenvalue weighted by Crippen LogP contribution is -2.25. The summed E-state index contributed by atoms with van der Waals surface area (Å²) in [4.78, 5) is 12.6. The molecule has 0 radical (unpaired) electrons. The van der Waals surface area contributed by atoms with Crippen molar-refractivity contribution in [2.24, 2.45) is 0 Å². The molecule has 0 bridgehead atoms. The van der Waals surface area contributed by atoms with Gasteiger partial charge < -0.3 is 19.4 Å². The predicted molar refractivity (Wildman–Crippen MR) is 102 cm³/mol. The number of rotatable bonds is 8. The maximum absolute atomic E-state index is 12.6. The van der Waals surface area contributed by atoms with Crippen molar-refractivity contribution in [2.75, 3.05) is 13.2 Å². The number of hydrogen-bond acceptors (Lipinski definition) is 5. The standard InChI is InChI=1S/C20H28N4O3/c1-3-12-27-16-10-9-15(13-17(16)26-4-2)20(25)21-14-19-23-22-18-8-6-5-7-11-24(18)19/h9-10,13H,3-8,11-12,14H2,1-2H3,(H,21,25). The first-order valence-electron chi connectivity index (χ1n) is 9.81. The van der Waals surface area contributed by atoms with Crippen LogP contribution in [0, 0.1) is 0 Å². The number of hydrogen-bond donors (Lipinski definition) is 1. The molecule has 1 aromatic heterocycles. The van der Waals surface area contributed by atoms with Gasteiger partial charge in [-0.05, 0) is 44.4 Å². The van der Waals surface area contributed by atoms with Gasteiger partial charge in [-0.2, -0.15) is 0 Å². The van der Waals surface area contributed by atoms with Gasteiger partial charge in [0.25, 0.3) is 5.91 Å². The van der Waals surface area contributed by atoms with Crippen molar-refractivity contribution >= 4 is 5.91 Å². The lowest BCUT2D eigenvalue weighted by atomic mass is 10.2. The number of aromatic nitrogens is 3. The van der Waals surface area contributed by atoms with Crippen molar-refractivity contribution in [1.29, 1.82) is 0 Å². The first-order valence-corrected chi connectivity index (χ1v) is 9.81. The second kappa shape index (κ2) is 9.39. The van der Waals surface area contributed by atoms with E-state index in [9.17, 15) is 4.79 Å². The van der Waals surface area contributed by atoms with Crippen LogP contribution < -0.4 is 14.8 Å². The second-order valence-electron chi connectivity index (χ2n) is 6.62. The van der Waals surface area contributed by atoms with Crippen LogP contribution in [0.25, 0.3) is 0 Å². The maximum Gasteiger partial charge on any atom is 0.251 e. The molecule has 0 aliphatic carbocycles. The highest BCUT2D eigenvalue weighted by molar-refractivity contribution is 5.94. The molecule has 0 saturated carbocycles. The van der Waals surface area contributed by atoms with E-state index in [1.807, 2.05) is 13.8 Å². The van der Waals surface area contributed by atoms with Gasteiger partial charge >= 0.3 is 0 Å². The summed E-state index contributed by atoms with van der Waals surface area (Å²) in [5, 5.41) is 11.5. The van der Waals surface area contributed by atoms with Crippen molar-refractivity contribution < 1.29 is 14.3 Å². The van der Waals surface area contributed by atoms with Gasteiger partial charge in [0.05, 0.1) is 19.8 Å². The number of nitrogens with one attached hydrogen (secondary N) is 1. The summed E-state index contributed by atoms with van der Waals surface area (Å²) in [6, 6.07) is 5.28. The van der Waals surface area contributed by atoms with E-state index in [0.717, 1.165) is 43.9 Å². The topological polar surface area (TPSA) is 78.3 Å². The molecule has 1 aliphatic heterocycles. The number of benzene rings is 1. The van der Waals surface area contributed by atoms with Gasteiger partial charge in [-0.1, -0.05) is 13.3 Å². The molecule has 3 rings (SSSR count). The number of amides is 1. The van der Waals surface area contributed by atoms with Crippen molar-refractivity contribution in [3.05, 3.63) is 35.4 Å². The average molecular weight is 372 g/mol. The molecule has 2 heterocycles. The molecule has 0 fully saturated rings. The summed E-state index contributed by atoms with van der Waals surface area (Å²) in [5.74, 6) is 2.93. The number of carbonyl (C=O) groups excluding carboxylic acids is 1. The lowest BCUT2D eigenvalue weighted by Gasteiger charge is -2.13. The van der Waals surface area contributed by atoms with Crippen LogP contribution in [-0.4, -0.2) is 33.9 Å². The smallest absolute Gasteiger partial charge is 0.251 e. The van der Waals surface area contributed by atoms with Crippen LogP contribution in [0.15, 0.2) is 18.2 Å². The zero-order valence-electron chi connectivity index (χ0n) is 16.2. The molecule has 1 aromatic carbocycles. The van der Waals surface area contributed by atoms with E-state index >= 15 is 0 Å². The molecule has 7 nitrogen and oxygen atoms in total. The largest absolute Gasteiger partial charge is 0.490 e. The van der Waals surface area contributed by atoms with Crippen molar-refractivity contribution in [3.8, 4) is 11.5 Å². The fourth-order valence-corrected chi connectivity index (χ4v) is 3.19. The molecular weight excluding hydrogens is 344 g/mol. The zero-order chi connectivity index (χ0) is 19.1. The van der Waals surface area contributed by atoms with Gasteiger partial charge in [-0.25, -0.2) is 0 Å². The highest BCUT2D eigenvalue weighted by Gasteiger charge is 2.16. The molecule has 1 amide bonds. The molecule has 1 N–H and O–H groups in total. The van der Waals surface area contributed by atoms with Crippen LogP contribution in [0.1, 0.15) is 61.5 Å². The Morgan fingerprint density at radius 3 is 2.85 bits per heavy atom. The highest BCUT2D eigenvalue weighted by Crippen LogP contribution is 2.28. The van der Waals surface area contributed by atoms with Crippen LogP contribution in [0.5, 0.6) is 11.5 Å². The summed E-state index contributed by atoms with van der Waals surface area (Å²) < 4.78 is 13.5. The Morgan fingerprint density at radius 2 is 2.04 bits per heavy atom. The van der Waals surface area contributed by atoms with Gasteiger partial charge in [-0.15, -0.1) is 10.2 Å². The van der Waals surface area contributed by atoms with E-state index in [-0.39, 0.29) is 5.91 Å². The molecule has 1 aliphatic rings. The third-order valence-electron chi connectivity index (χ3n) is 4.56. The van der Waals surface area contributed by atoms with E-state index in [1.165, 1.54) is 6.42 Å². The molecule has 0 saturated heterocycles. The minimum absolute atomic E-state index is 0.163. The summed E-state index contributed by atoms with van der Waals surface area (Å²) in [7, 11) is 0. The molecule has 2 aromatic rings. The average Bonchev–Trinajstić information content (AvgIpc) is 2.91. The summed E-state index contributed by atoms with van der Waals surface area (Å²) in [5.41, 5.74) is 0.540. The molecular formula is C20H28N4O3. The number of carbonyl (C=O) groups is 1. The Bertz CT molecular complexity index is 773. The minimum Gasteiger partial charge on any atom is -0.490 e. The van der Waals surface area contributed by atoms with E-state index in [4.69, 9.17) is 9.47 Å². The van der Waals surface area contributed by atoms with Crippen LogP contribution in [-0.2, 0) is 19.5 Å². The number of aryl methyl sites for hydroxylation is 1. The Labute approximate surface area is 160 Å². The van der Waals surface area contributed by atoms with Gasteiger partial charge in [0, 0.05) is 18.5 Å². The highest BCUT2D eigenvalue weighted by atomic mass is 16.5. The van der Waals surface area contributed by atoms with Crippen molar-refractivity contribution in [3.63, 3.8) is 0 Å². The summed E-state index contributed by atoms with van der Waals surface area (Å²) in [6.45, 7) is 6.37. The van der Waals surface area contributed by atoms with Crippen LogP contribution in [0.3, 0.4) is 0 Å². The molecule has 7 heteroatoms. The van der Waals surface area contributed by atoms with Crippen LogP contribution in [0.2, 0.25) is 0 Å². The van der Waals surface area contributed by atoms with Gasteiger partial charge in [0.1, 0.15) is 5.82 Å². The second-order valence-corrected chi connectivity index (χ2v) is 6.62. The predicted octanol–water partition coefficient (Wildman–Crippen LogP) is 3.12. The molecule has 27 heavy (non-hydrogen) atoms. The molecule has 146 valence electrons. The third-order valence-corrected chi connectivity index (χ3v) is 4.56. The van der Waals surface area contributed by atoms with Crippen LogP contribution >= 0.6 is 0 Å². The van der Waals surface area contributed by atoms with E-state index in [1.54, 1.807) is 18.2 Å². The monoisotopic (exact) mass is 372 g/mol. The van der Waals surface area contributed by atoms with Gasteiger partial charge in [-0.3, -0.25) is 4.79 Å². The first kappa shape index (κ1) is 19.2. The Hall–Kier alpha value is -2.57. The lowest BCUT2D eigenvalue weighted by molar-refractivity contribution is 0.0949. The normalized spacial score (nSPS) is 13.6. The number of nitrogens with zero attached hydrogens (tertiary/aromatic N) is 3. The molecule has 0 atom stereocenters. The Kier molecular flexibility index (Phi) is 6.68. The Balaban J connectivity index is 1.67. The maximum atomic E-state index is 12.6. The fraction of sp³-hybridized carbons (Fsp3) is 0.550. The van der Waals surface area contributed by atoms with E-state index in [2.05, 4.69) is 20.1 Å². The number of ether oxygens (including phenoxy) is 2. The molecule has 0 spiro atoms. The molecule has 0 unspecified atom stereocenters. The van der Waals surface area contributed by atoms with E-state index < -0.39 is 0 Å². The quantitative estimate of drug-likeness (QED) is 0.770. The van der Waals surface area contributed by atoms with E-state index in [0.29, 0.717) is 36.8 Å². The number of fused-ring (bicyclic) bond motifs is 1. The van der Waals surface area contributed by atoms with Crippen molar-refractivity contribution in [2.45, 2.75) is 59.0 Å². The SMILES string of the molecule is CCCOc1ccc(C(=O)NCc2nnc3n2CCCCC3)cc1OCC. The fourth-order valence-electron chi connectivity index (χ4n) is 3.19. The van der Waals surface area contributed by atoms with Gasteiger partial charge in [0.15, 0.2) is 17.3 Å². The summed E-state index contributed by atoms with van der Waals surface area (Å²) >= 11 is 0. The summed E-state index contributed by atoms with van der Waals surface area (Å²) in [6.07, 6.45) is 5.36. The Morgan fingerprint density at radius 1 is 1.15 bits per heavy atom. The van der Waals surface area contributed by atoms with Gasteiger partial charge in [0.2, 0.25) is 0 Å². The minimum atomic E-state index is -0.163. The third kappa shape index (κ3) is 4.78. The van der Waals surface area contributed by atoms with Crippen LogP contribution in [0.4, 0.5) is 0 Å². The first-order chi connectivity index (χ1) is 13.2.